The molecule has 23 heavy (non-hydrogen) atoms. The Balaban J connectivity index is 2.33. The summed E-state index contributed by atoms with van der Waals surface area (Å²) in [6.07, 6.45) is -4.57. The second-order valence-corrected chi connectivity index (χ2v) is 4.67. The number of rotatable bonds is 4. The van der Waals surface area contributed by atoms with Gasteiger partial charge in [-0.15, -0.1) is 0 Å². The molecular formula is C16H14F3NO3. The monoisotopic (exact) mass is 325 g/mol. The van der Waals surface area contributed by atoms with Gasteiger partial charge in [-0.05, 0) is 55.0 Å². The Morgan fingerprint density at radius 2 is 1.65 bits per heavy atom. The van der Waals surface area contributed by atoms with Crippen LogP contribution in [0.5, 0.6) is 17.2 Å². The van der Waals surface area contributed by atoms with Gasteiger partial charge in [0.25, 0.3) is 0 Å². The van der Waals surface area contributed by atoms with Gasteiger partial charge in [-0.3, -0.25) is 0 Å². The normalized spacial score (nSPS) is 12.1. The summed E-state index contributed by atoms with van der Waals surface area (Å²) in [5.41, 5.74) is 0.0941. The van der Waals surface area contributed by atoms with Gasteiger partial charge < -0.3 is 14.7 Å². The number of hydrogen-bond donors (Lipinski definition) is 1. The van der Waals surface area contributed by atoms with Crippen LogP contribution in [0.25, 0.3) is 0 Å². The molecule has 0 aliphatic heterocycles. The SMILES string of the molecule is COc1ccc(Oc2ccc(C(C)=NO)cc2)c(C(F)(F)F)c1. The highest BCUT2D eigenvalue weighted by atomic mass is 19.4. The van der Waals surface area contributed by atoms with E-state index in [1.165, 1.54) is 31.4 Å². The smallest absolute Gasteiger partial charge is 0.420 e. The first-order chi connectivity index (χ1) is 10.8. The second-order valence-electron chi connectivity index (χ2n) is 4.67. The summed E-state index contributed by atoms with van der Waals surface area (Å²) in [6, 6.07) is 9.63. The average molecular weight is 325 g/mol. The first kappa shape index (κ1) is 16.7. The zero-order valence-electron chi connectivity index (χ0n) is 12.4. The number of methoxy groups -OCH3 is 1. The van der Waals surface area contributed by atoms with Gasteiger partial charge in [-0.1, -0.05) is 5.16 Å². The van der Waals surface area contributed by atoms with Crippen molar-refractivity contribution in [2.45, 2.75) is 13.1 Å². The summed E-state index contributed by atoms with van der Waals surface area (Å²) >= 11 is 0. The summed E-state index contributed by atoms with van der Waals surface area (Å²) in [4.78, 5) is 0. The van der Waals surface area contributed by atoms with Gasteiger partial charge in [0, 0.05) is 0 Å². The number of ether oxygens (including phenoxy) is 2. The molecule has 7 heteroatoms. The molecule has 0 aromatic heterocycles. The van der Waals surface area contributed by atoms with Crippen molar-refractivity contribution in [2.24, 2.45) is 5.16 Å². The van der Waals surface area contributed by atoms with Crippen molar-refractivity contribution in [2.75, 3.05) is 7.11 Å². The summed E-state index contributed by atoms with van der Waals surface area (Å²) in [5.74, 6) is 0.00330. The Bertz CT molecular complexity index is 710. The van der Waals surface area contributed by atoms with Crippen LogP contribution >= 0.6 is 0 Å². The van der Waals surface area contributed by atoms with Crippen molar-refractivity contribution in [1.29, 1.82) is 0 Å². The molecule has 2 aromatic carbocycles. The zero-order chi connectivity index (χ0) is 17.0. The number of halogens is 3. The van der Waals surface area contributed by atoms with Crippen LogP contribution in [0.2, 0.25) is 0 Å². The second kappa shape index (κ2) is 6.60. The third-order valence-electron chi connectivity index (χ3n) is 3.14. The minimum Gasteiger partial charge on any atom is -0.497 e. The summed E-state index contributed by atoms with van der Waals surface area (Å²) < 4.78 is 49.5. The summed E-state index contributed by atoms with van der Waals surface area (Å²) in [7, 11) is 1.29. The van der Waals surface area contributed by atoms with Crippen molar-refractivity contribution in [3.63, 3.8) is 0 Å². The van der Waals surface area contributed by atoms with Gasteiger partial charge in [-0.25, -0.2) is 0 Å². The first-order valence-electron chi connectivity index (χ1n) is 6.57. The molecule has 0 atom stereocenters. The van der Waals surface area contributed by atoms with Crippen LogP contribution in [-0.4, -0.2) is 18.0 Å². The Hall–Kier alpha value is -2.70. The minimum atomic E-state index is -4.57. The quantitative estimate of drug-likeness (QED) is 0.503. The Morgan fingerprint density at radius 1 is 1.04 bits per heavy atom. The molecule has 2 rings (SSSR count). The fraction of sp³-hybridized carbons (Fsp3) is 0.188. The lowest BCUT2D eigenvalue weighted by Crippen LogP contribution is -2.07. The van der Waals surface area contributed by atoms with E-state index in [4.69, 9.17) is 14.7 Å². The van der Waals surface area contributed by atoms with Gasteiger partial charge in [0.05, 0.1) is 12.8 Å². The standard InChI is InChI=1S/C16H14F3NO3/c1-10(20-21)11-3-5-12(6-4-11)23-15-8-7-13(22-2)9-14(15)16(17,18)19/h3-9,21H,1-2H3. The highest BCUT2D eigenvalue weighted by Crippen LogP contribution is 2.40. The third-order valence-corrected chi connectivity index (χ3v) is 3.14. The number of hydrogen-bond acceptors (Lipinski definition) is 4. The molecule has 0 fully saturated rings. The first-order valence-corrected chi connectivity index (χ1v) is 6.57. The number of alkyl halides is 3. The summed E-state index contributed by atoms with van der Waals surface area (Å²) in [6.45, 7) is 1.60. The molecule has 4 nitrogen and oxygen atoms in total. The molecule has 0 saturated heterocycles. The topological polar surface area (TPSA) is 51.0 Å². The molecule has 122 valence electrons. The summed E-state index contributed by atoms with van der Waals surface area (Å²) in [5, 5.41) is 11.7. The van der Waals surface area contributed by atoms with Crippen molar-refractivity contribution < 1.29 is 27.9 Å². The molecular weight excluding hydrogens is 311 g/mol. The molecule has 0 heterocycles. The molecule has 0 amide bonds. The van der Waals surface area contributed by atoms with E-state index < -0.39 is 11.7 Å². The number of nitrogens with zero attached hydrogens (tertiary/aromatic N) is 1. The third kappa shape index (κ3) is 3.94. The van der Waals surface area contributed by atoms with E-state index in [1.807, 2.05) is 0 Å². The van der Waals surface area contributed by atoms with Crippen LogP contribution in [0.3, 0.4) is 0 Å². The number of benzene rings is 2. The van der Waals surface area contributed by atoms with Crippen LogP contribution in [-0.2, 0) is 6.18 Å². The van der Waals surface area contributed by atoms with E-state index in [9.17, 15) is 13.2 Å². The maximum Gasteiger partial charge on any atom is 0.420 e. The highest BCUT2D eigenvalue weighted by molar-refractivity contribution is 5.98. The van der Waals surface area contributed by atoms with Gasteiger partial charge in [0.2, 0.25) is 0 Å². The zero-order valence-corrected chi connectivity index (χ0v) is 12.4. The van der Waals surface area contributed by atoms with E-state index in [0.717, 1.165) is 6.07 Å². The van der Waals surface area contributed by atoms with E-state index >= 15 is 0 Å². The Labute approximate surface area is 130 Å². The largest absolute Gasteiger partial charge is 0.497 e. The van der Waals surface area contributed by atoms with Gasteiger partial charge in [-0.2, -0.15) is 13.2 Å². The lowest BCUT2D eigenvalue weighted by atomic mass is 10.1. The van der Waals surface area contributed by atoms with E-state index in [1.54, 1.807) is 19.1 Å². The van der Waals surface area contributed by atoms with Crippen LogP contribution in [0, 0.1) is 0 Å². The van der Waals surface area contributed by atoms with Crippen molar-refractivity contribution in [3.8, 4) is 17.2 Å². The molecule has 0 saturated carbocycles. The lowest BCUT2D eigenvalue weighted by Gasteiger charge is -2.15. The van der Waals surface area contributed by atoms with Gasteiger partial charge >= 0.3 is 6.18 Å². The molecule has 0 spiro atoms. The predicted molar refractivity (Wildman–Crippen MR) is 78.5 cm³/mol. The highest BCUT2D eigenvalue weighted by Gasteiger charge is 2.35. The fourth-order valence-electron chi connectivity index (χ4n) is 1.90. The van der Waals surface area contributed by atoms with E-state index in [2.05, 4.69) is 5.16 Å². The van der Waals surface area contributed by atoms with Gasteiger partial charge in [0.1, 0.15) is 22.8 Å². The van der Waals surface area contributed by atoms with E-state index in [0.29, 0.717) is 11.3 Å². The lowest BCUT2D eigenvalue weighted by molar-refractivity contribution is -0.138. The Kier molecular flexibility index (Phi) is 4.78. The molecule has 0 radical (unpaired) electrons. The van der Waals surface area contributed by atoms with Crippen LogP contribution in [0.15, 0.2) is 47.6 Å². The Morgan fingerprint density at radius 3 is 2.17 bits per heavy atom. The fourth-order valence-corrected chi connectivity index (χ4v) is 1.90. The molecule has 0 aliphatic carbocycles. The molecule has 0 bridgehead atoms. The minimum absolute atomic E-state index is 0.0924. The van der Waals surface area contributed by atoms with Crippen molar-refractivity contribution in [3.05, 3.63) is 53.6 Å². The van der Waals surface area contributed by atoms with Crippen LogP contribution in [0.4, 0.5) is 13.2 Å². The molecule has 1 N–H and O–H groups in total. The maximum atomic E-state index is 13.1. The van der Waals surface area contributed by atoms with Crippen molar-refractivity contribution >= 4 is 5.71 Å². The number of oxime groups is 1. The van der Waals surface area contributed by atoms with Crippen LogP contribution in [0.1, 0.15) is 18.1 Å². The van der Waals surface area contributed by atoms with E-state index in [-0.39, 0.29) is 17.2 Å². The maximum absolute atomic E-state index is 13.1. The van der Waals surface area contributed by atoms with Gasteiger partial charge in [0.15, 0.2) is 0 Å². The molecule has 0 unspecified atom stereocenters. The average Bonchev–Trinajstić information content (AvgIpc) is 2.54. The molecule has 0 aliphatic rings. The van der Waals surface area contributed by atoms with Crippen molar-refractivity contribution in [1.82, 2.24) is 0 Å². The molecule has 2 aromatic rings. The van der Waals surface area contributed by atoms with Crippen LogP contribution < -0.4 is 9.47 Å². The predicted octanol–water partition coefficient (Wildman–Crippen LogP) is 4.70.